The standard InChI is InChI=1S/C15H21N3O3/c1-15(2,3)21-14(20)18-8-6-9-12(18)11(16)10-5-4-7-17(10)13(9)19/h6,8,10-11H,4-5,7,16H2,1-3H3/t10-,11-/m0/s1. The first kappa shape index (κ1) is 14.1. The van der Waals surface area contributed by atoms with E-state index in [9.17, 15) is 9.59 Å². The van der Waals surface area contributed by atoms with Crippen LogP contribution < -0.4 is 5.73 Å². The van der Waals surface area contributed by atoms with Crippen LogP contribution in [-0.4, -0.2) is 39.7 Å². The maximum atomic E-state index is 12.5. The first-order valence-corrected chi connectivity index (χ1v) is 7.31. The van der Waals surface area contributed by atoms with E-state index in [4.69, 9.17) is 10.5 Å². The average Bonchev–Trinajstić information content (AvgIpc) is 3.00. The lowest BCUT2D eigenvalue weighted by Crippen LogP contribution is -2.48. The second-order valence-corrected chi connectivity index (χ2v) is 6.70. The predicted molar refractivity (Wildman–Crippen MR) is 77.1 cm³/mol. The SMILES string of the molecule is CC(C)(C)OC(=O)n1ccc2c1[C@@H](N)[C@@H]1CCCN1C2=O. The highest BCUT2D eigenvalue weighted by Crippen LogP contribution is 2.36. The third-order valence-corrected chi connectivity index (χ3v) is 4.04. The number of nitrogens with two attached hydrogens (primary N) is 1. The number of carbonyl (C=O) groups is 2. The van der Waals surface area contributed by atoms with Gasteiger partial charge in [0.1, 0.15) is 5.60 Å². The Labute approximate surface area is 123 Å². The number of fused-ring (bicyclic) bond motifs is 2. The summed E-state index contributed by atoms with van der Waals surface area (Å²) in [6.45, 7) is 6.17. The number of nitrogens with zero attached hydrogens (tertiary/aromatic N) is 2. The molecule has 2 aliphatic heterocycles. The van der Waals surface area contributed by atoms with Gasteiger partial charge in [0, 0.05) is 12.7 Å². The van der Waals surface area contributed by atoms with Crippen molar-refractivity contribution in [1.29, 1.82) is 0 Å². The largest absolute Gasteiger partial charge is 0.443 e. The van der Waals surface area contributed by atoms with Crippen molar-refractivity contribution in [3.05, 3.63) is 23.5 Å². The van der Waals surface area contributed by atoms with Gasteiger partial charge in [-0.1, -0.05) is 0 Å². The third-order valence-electron chi connectivity index (χ3n) is 4.04. The summed E-state index contributed by atoms with van der Waals surface area (Å²) in [5.74, 6) is -0.0310. The van der Waals surface area contributed by atoms with Crippen LogP contribution in [0.5, 0.6) is 0 Å². The monoisotopic (exact) mass is 291 g/mol. The topological polar surface area (TPSA) is 77.6 Å². The zero-order chi connectivity index (χ0) is 15.4. The van der Waals surface area contributed by atoms with Gasteiger partial charge in [-0.25, -0.2) is 4.79 Å². The normalized spacial score (nSPS) is 24.8. The van der Waals surface area contributed by atoms with Gasteiger partial charge in [0.25, 0.3) is 5.91 Å². The van der Waals surface area contributed by atoms with Gasteiger partial charge >= 0.3 is 6.09 Å². The summed E-state index contributed by atoms with van der Waals surface area (Å²) in [4.78, 5) is 26.6. The molecule has 21 heavy (non-hydrogen) atoms. The Balaban J connectivity index is 1.99. The lowest BCUT2D eigenvalue weighted by atomic mass is 9.95. The molecule has 0 radical (unpaired) electrons. The van der Waals surface area contributed by atoms with Gasteiger partial charge < -0.3 is 15.4 Å². The molecule has 1 aromatic rings. The summed E-state index contributed by atoms with van der Waals surface area (Å²) in [6.07, 6.45) is 2.93. The first-order valence-electron chi connectivity index (χ1n) is 7.31. The summed E-state index contributed by atoms with van der Waals surface area (Å²) in [7, 11) is 0. The summed E-state index contributed by atoms with van der Waals surface area (Å²) >= 11 is 0. The quantitative estimate of drug-likeness (QED) is 0.792. The van der Waals surface area contributed by atoms with Crippen molar-refractivity contribution in [2.75, 3.05) is 6.54 Å². The molecule has 0 aromatic carbocycles. The molecule has 6 heteroatoms. The predicted octanol–water partition coefficient (Wildman–Crippen LogP) is 1.89. The number of carbonyl (C=O) groups excluding carboxylic acids is 2. The highest BCUT2D eigenvalue weighted by molar-refractivity contribution is 5.98. The molecule has 0 unspecified atom stereocenters. The van der Waals surface area contributed by atoms with Gasteiger partial charge in [0.05, 0.1) is 23.3 Å². The molecule has 2 atom stereocenters. The zero-order valence-electron chi connectivity index (χ0n) is 12.6. The van der Waals surface area contributed by atoms with Crippen LogP contribution in [0, 0.1) is 0 Å². The molecule has 6 nitrogen and oxygen atoms in total. The number of aromatic nitrogens is 1. The Morgan fingerprint density at radius 1 is 1.43 bits per heavy atom. The van der Waals surface area contributed by atoms with E-state index in [-0.39, 0.29) is 18.0 Å². The smallest absolute Gasteiger partial charge is 0.418 e. The van der Waals surface area contributed by atoms with Crippen LogP contribution in [0.3, 0.4) is 0 Å². The van der Waals surface area contributed by atoms with E-state index < -0.39 is 11.7 Å². The maximum Gasteiger partial charge on any atom is 0.418 e. The molecule has 3 heterocycles. The maximum absolute atomic E-state index is 12.5. The molecule has 0 saturated carbocycles. The minimum atomic E-state index is -0.587. The number of hydrogen-bond donors (Lipinski definition) is 1. The second kappa shape index (κ2) is 4.59. The molecule has 0 bridgehead atoms. The van der Waals surface area contributed by atoms with Crippen LogP contribution in [0.25, 0.3) is 0 Å². The Morgan fingerprint density at radius 3 is 2.81 bits per heavy atom. The molecule has 1 amide bonds. The van der Waals surface area contributed by atoms with E-state index in [0.29, 0.717) is 11.3 Å². The molecule has 1 aromatic heterocycles. The Kier molecular flexibility index (Phi) is 3.09. The van der Waals surface area contributed by atoms with Crippen molar-refractivity contribution in [3.63, 3.8) is 0 Å². The number of amides is 1. The van der Waals surface area contributed by atoms with Gasteiger partial charge in [0.2, 0.25) is 0 Å². The van der Waals surface area contributed by atoms with Crippen molar-refractivity contribution in [3.8, 4) is 0 Å². The van der Waals surface area contributed by atoms with Crippen LogP contribution in [0.1, 0.15) is 55.7 Å². The molecule has 0 aliphatic carbocycles. The highest BCUT2D eigenvalue weighted by atomic mass is 16.6. The summed E-state index contributed by atoms with van der Waals surface area (Å²) in [5.41, 5.74) is 6.83. The van der Waals surface area contributed by atoms with E-state index in [0.717, 1.165) is 19.4 Å². The molecule has 0 spiro atoms. The minimum absolute atomic E-state index is 0.0129. The summed E-state index contributed by atoms with van der Waals surface area (Å²) in [5, 5.41) is 0. The van der Waals surface area contributed by atoms with Gasteiger partial charge in [-0.2, -0.15) is 0 Å². The van der Waals surface area contributed by atoms with E-state index in [1.165, 1.54) is 4.57 Å². The molecule has 1 fully saturated rings. The summed E-state index contributed by atoms with van der Waals surface area (Å²) in [6, 6.07) is 1.31. The van der Waals surface area contributed by atoms with E-state index >= 15 is 0 Å². The van der Waals surface area contributed by atoms with Gasteiger partial charge in [-0.15, -0.1) is 0 Å². The van der Waals surface area contributed by atoms with Crippen LogP contribution >= 0.6 is 0 Å². The fourth-order valence-corrected chi connectivity index (χ4v) is 3.19. The Hall–Kier alpha value is -1.82. The van der Waals surface area contributed by atoms with Crippen molar-refractivity contribution in [1.82, 2.24) is 9.47 Å². The number of ether oxygens (including phenoxy) is 1. The molecular weight excluding hydrogens is 270 g/mol. The summed E-state index contributed by atoms with van der Waals surface area (Å²) < 4.78 is 6.77. The average molecular weight is 291 g/mol. The molecule has 114 valence electrons. The second-order valence-electron chi connectivity index (χ2n) is 6.70. The van der Waals surface area contributed by atoms with Gasteiger partial charge in [-0.05, 0) is 39.7 Å². The van der Waals surface area contributed by atoms with Crippen LogP contribution in [0.2, 0.25) is 0 Å². The molecule has 2 aliphatic rings. The van der Waals surface area contributed by atoms with Crippen molar-refractivity contribution in [2.45, 2.75) is 51.3 Å². The molecule has 3 rings (SSSR count). The Bertz CT molecular complexity index is 600. The Morgan fingerprint density at radius 2 is 2.14 bits per heavy atom. The minimum Gasteiger partial charge on any atom is -0.443 e. The van der Waals surface area contributed by atoms with Crippen LogP contribution in [0.15, 0.2) is 12.3 Å². The van der Waals surface area contributed by atoms with Crippen molar-refractivity contribution in [2.24, 2.45) is 5.73 Å². The van der Waals surface area contributed by atoms with E-state index in [2.05, 4.69) is 0 Å². The fraction of sp³-hybridized carbons (Fsp3) is 0.600. The van der Waals surface area contributed by atoms with E-state index in [1.807, 2.05) is 25.7 Å². The van der Waals surface area contributed by atoms with Crippen LogP contribution in [0.4, 0.5) is 4.79 Å². The van der Waals surface area contributed by atoms with E-state index in [1.54, 1.807) is 12.3 Å². The highest BCUT2D eigenvalue weighted by Gasteiger charge is 2.43. The zero-order valence-corrected chi connectivity index (χ0v) is 12.6. The fourth-order valence-electron chi connectivity index (χ4n) is 3.19. The van der Waals surface area contributed by atoms with Gasteiger partial charge in [0.15, 0.2) is 0 Å². The third kappa shape index (κ3) is 2.23. The number of rotatable bonds is 0. The first-order chi connectivity index (χ1) is 9.79. The molecular formula is C15H21N3O3. The van der Waals surface area contributed by atoms with Crippen molar-refractivity contribution >= 4 is 12.0 Å². The lowest BCUT2D eigenvalue weighted by molar-refractivity contribution is 0.0522. The molecule has 1 saturated heterocycles. The van der Waals surface area contributed by atoms with Crippen LogP contribution in [-0.2, 0) is 4.74 Å². The lowest BCUT2D eigenvalue weighted by Gasteiger charge is -2.35. The number of hydrogen-bond acceptors (Lipinski definition) is 4. The van der Waals surface area contributed by atoms with Crippen molar-refractivity contribution < 1.29 is 14.3 Å². The molecule has 2 N–H and O–H groups in total. The van der Waals surface area contributed by atoms with Gasteiger partial charge in [-0.3, -0.25) is 9.36 Å².